The number of benzene rings is 2. The van der Waals surface area contributed by atoms with Crippen molar-refractivity contribution in [1.82, 2.24) is 10.2 Å². The van der Waals surface area contributed by atoms with Crippen molar-refractivity contribution >= 4 is 23.6 Å². The van der Waals surface area contributed by atoms with Gasteiger partial charge >= 0.3 is 0 Å². The molecule has 0 saturated heterocycles. The Bertz CT molecular complexity index is 732. The highest BCUT2D eigenvalue weighted by atomic mass is 32.2. The number of nitrogens with zero attached hydrogens (tertiary/aromatic N) is 1. The summed E-state index contributed by atoms with van der Waals surface area (Å²) in [6.45, 7) is 4.44. The molecule has 2 aromatic carbocycles. The molecule has 2 amide bonds. The second kappa shape index (κ2) is 10.8. The van der Waals surface area contributed by atoms with Crippen LogP contribution in [0.2, 0.25) is 0 Å². The van der Waals surface area contributed by atoms with Crippen molar-refractivity contribution in [1.29, 1.82) is 0 Å². The lowest BCUT2D eigenvalue weighted by Gasteiger charge is -2.30. The Labute approximate surface area is 166 Å². The van der Waals surface area contributed by atoms with Gasteiger partial charge in [0.05, 0.1) is 5.75 Å². The van der Waals surface area contributed by atoms with Gasteiger partial charge in [-0.05, 0) is 24.5 Å². The van der Waals surface area contributed by atoms with E-state index in [0.717, 1.165) is 11.3 Å². The number of carbonyl (C=O) groups is 2. The van der Waals surface area contributed by atoms with Crippen LogP contribution in [0.3, 0.4) is 0 Å². The predicted octanol–water partition coefficient (Wildman–Crippen LogP) is 3.78. The molecular weight excluding hydrogens is 356 g/mol. The van der Waals surface area contributed by atoms with E-state index in [9.17, 15) is 9.59 Å². The zero-order chi connectivity index (χ0) is 19.6. The molecule has 4 nitrogen and oxygen atoms in total. The molecule has 0 bridgehead atoms. The van der Waals surface area contributed by atoms with Crippen LogP contribution in [0.25, 0.3) is 0 Å². The fraction of sp³-hybridized carbons (Fsp3) is 0.364. The molecule has 0 aliphatic rings. The summed E-state index contributed by atoms with van der Waals surface area (Å²) < 4.78 is 0. The van der Waals surface area contributed by atoms with E-state index in [-0.39, 0.29) is 11.8 Å². The second-order valence-electron chi connectivity index (χ2n) is 6.52. The first-order valence-corrected chi connectivity index (χ1v) is 10.4. The Hall–Kier alpha value is -2.27. The average Bonchev–Trinajstić information content (AvgIpc) is 2.69. The molecule has 0 spiro atoms. The summed E-state index contributed by atoms with van der Waals surface area (Å²) in [4.78, 5) is 26.9. The van der Waals surface area contributed by atoms with E-state index in [2.05, 4.69) is 36.5 Å². The molecule has 27 heavy (non-hydrogen) atoms. The molecule has 0 fully saturated rings. The maximum atomic E-state index is 12.9. The molecule has 1 atom stereocenters. The summed E-state index contributed by atoms with van der Waals surface area (Å²) in [5.41, 5.74) is 3.45. The summed E-state index contributed by atoms with van der Waals surface area (Å²) in [5.74, 6) is 1.01. The van der Waals surface area contributed by atoms with Crippen molar-refractivity contribution in [2.45, 2.75) is 38.6 Å². The maximum absolute atomic E-state index is 12.9. The van der Waals surface area contributed by atoms with Crippen LogP contribution in [-0.4, -0.2) is 35.6 Å². The molecule has 2 rings (SSSR count). The fourth-order valence-corrected chi connectivity index (χ4v) is 3.76. The minimum absolute atomic E-state index is 0.00795. The van der Waals surface area contributed by atoms with Crippen LogP contribution in [0.5, 0.6) is 0 Å². The highest BCUT2D eigenvalue weighted by Crippen LogP contribution is 2.17. The molecule has 2 aromatic rings. The SMILES string of the molecule is CC[C@@H](C(=O)NC)N(Cc1ccccc1)C(=O)CSCc1ccc(C)cc1. The van der Waals surface area contributed by atoms with Crippen LogP contribution in [0, 0.1) is 6.92 Å². The predicted molar refractivity (Wildman–Crippen MR) is 112 cm³/mol. The van der Waals surface area contributed by atoms with E-state index >= 15 is 0 Å². The number of hydrogen-bond donors (Lipinski definition) is 1. The van der Waals surface area contributed by atoms with Gasteiger partial charge in [0.25, 0.3) is 0 Å². The number of nitrogens with one attached hydrogen (secondary N) is 1. The zero-order valence-electron chi connectivity index (χ0n) is 16.3. The third-order valence-electron chi connectivity index (χ3n) is 4.44. The Morgan fingerprint density at radius 2 is 1.70 bits per heavy atom. The average molecular weight is 385 g/mol. The molecule has 0 heterocycles. The lowest BCUT2D eigenvalue weighted by molar-refractivity contribution is -0.139. The summed E-state index contributed by atoms with van der Waals surface area (Å²) >= 11 is 1.58. The highest BCUT2D eigenvalue weighted by Gasteiger charge is 2.27. The van der Waals surface area contributed by atoms with Gasteiger partial charge in [-0.1, -0.05) is 67.1 Å². The first-order chi connectivity index (χ1) is 13.0. The summed E-state index contributed by atoms with van der Waals surface area (Å²) in [7, 11) is 1.61. The van der Waals surface area contributed by atoms with E-state index in [4.69, 9.17) is 0 Å². The van der Waals surface area contributed by atoms with E-state index in [1.54, 1.807) is 23.7 Å². The van der Waals surface area contributed by atoms with Gasteiger partial charge < -0.3 is 10.2 Å². The van der Waals surface area contributed by atoms with Gasteiger partial charge in [-0.3, -0.25) is 9.59 Å². The molecule has 0 aliphatic heterocycles. The van der Waals surface area contributed by atoms with Crippen LogP contribution in [-0.2, 0) is 21.9 Å². The van der Waals surface area contributed by atoms with E-state index in [1.165, 1.54) is 11.1 Å². The minimum Gasteiger partial charge on any atom is -0.357 e. The standard InChI is InChI=1S/C22H28N2O2S/c1-4-20(22(26)23-3)24(14-18-8-6-5-7-9-18)21(25)16-27-15-19-12-10-17(2)11-13-19/h5-13,20H,4,14-16H2,1-3H3,(H,23,26)/t20-/m0/s1. The smallest absolute Gasteiger partial charge is 0.242 e. The van der Waals surface area contributed by atoms with Crippen LogP contribution in [0.15, 0.2) is 54.6 Å². The number of rotatable bonds is 9. The van der Waals surface area contributed by atoms with Crippen molar-refractivity contribution < 1.29 is 9.59 Å². The number of carbonyl (C=O) groups excluding carboxylic acids is 2. The van der Waals surface area contributed by atoms with Crippen LogP contribution in [0.4, 0.5) is 0 Å². The largest absolute Gasteiger partial charge is 0.357 e. The van der Waals surface area contributed by atoms with Crippen LogP contribution >= 0.6 is 11.8 Å². The fourth-order valence-electron chi connectivity index (χ4n) is 2.89. The molecule has 1 N–H and O–H groups in total. The van der Waals surface area contributed by atoms with Gasteiger partial charge in [-0.25, -0.2) is 0 Å². The number of amides is 2. The highest BCUT2D eigenvalue weighted by molar-refractivity contribution is 7.99. The number of aryl methyl sites for hydroxylation is 1. The molecule has 0 saturated carbocycles. The third-order valence-corrected chi connectivity index (χ3v) is 5.43. The normalized spacial score (nSPS) is 11.7. The maximum Gasteiger partial charge on any atom is 0.242 e. The minimum atomic E-state index is -0.456. The van der Waals surface area contributed by atoms with Crippen molar-refractivity contribution in [2.75, 3.05) is 12.8 Å². The molecule has 144 valence electrons. The Morgan fingerprint density at radius 3 is 2.30 bits per heavy atom. The van der Waals surface area contributed by atoms with E-state index < -0.39 is 6.04 Å². The molecule has 5 heteroatoms. The molecule has 0 aliphatic carbocycles. The van der Waals surface area contributed by atoms with Gasteiger partial charge in [0.15, 0.2) is 0 Å². The quantitative estimate of drug-likeness (QED) is 0.716. The first kappa shape index (κ1) is 21.0. The number of thioether (sulfide) groups is 1. The Balaban J connectivity index is 2.05. The Kier molecular flexibility index (Phi) is 8.40. The van der Waals surface area contributed by atoms with Crippen molar-refractivity contribution in [3.63, 3.8) is 0 Å². The van der Waals surface area contributed by atoms with Gasteiger partial charge in [0.2, 0.25) is 11.8 Å². The summed E-state index contributed by atoms with van der Waals surface area (Å²) in [6.07, 6.45) is 0.584. The van der Waals surface area contributed by atoms with Gasteiger partial charge in [0, 0.05) is 19.3 Å². The second-order valence-corrected chi connectivity index (χ2v) is 7.51. The lowest BCUT2D eigenvalue weighted by atomic mass is 10.1. The third kappa shape index (κ3) is 6.43. The zero-order valence-corrected chi connectivity index (χ0v) is 17.1. The molecular formula is C22H28N2O2S. The van der Waals surface area contributed by atoms with Crippen LogP contribution in [0.1, 0.15) is 30.0 Å². The first-order valence-electron chi connectivity index (χ1n) is 9.23. The van der Waals surface area contributed by atoms with E-state index in [0.29, 0.717) is 18.7 Å². The molecule has 0 unspecified atom stereocenters. The monoisotopic (exact) mass is 384 g/mol. The van der Waals surface area contributed by atoms with E-state index in [1.807, 2.05) is 37.3 Å². The van der Waals surface area contributed by atoms with Gasteiger partial charge in [-0.2, -0.15) is 0 Å². The van der Waals surface area contributed by atoms with Gasteiger partial charge in [0.1, 0.15) is 6.04 Å². The van der Waals surface area contributed by atoms with Crippen molar-refractivity contribution in [3.05, 3.63) is 71.3 Å². The van der Waals surface area contributed by atoms with Crippen LogP contribution < -0.4 is 5.32 Å². The van der Waals surface area contributed by atoms with Crippen molar-refractivity contribution in [3.8, 4) is 0 Å². The number of likely N-dealkylation sites (N-methyl/N-ethyl adjacent to an activating group) is 1. The summed E-state index contributed by atoms with van der Waals surface area (Å²) in [5, 5.41) is 2.68. The topological polar surface area (TPSA) is 49.4 Å². The molecule has 0 aromatic heterocycles. The number of hydrogen-bond acceptors (Lipinski definition) is 3. The summed E-state index contributed by atoms with van der Waals surface area (Å²) in [6, 6.07) is 17.7. The van der Waals surface area contributed by atoms with Gasteiger partial charge in [-0.15, -0.1) is 11.8 Å². The molecule has 0 radical (unpaired) electrons. The van der Waals surface area contributed by atoms with Crippen molar-refractivity contribution in [2.24, 2.45) is 0 Å². The Morgan fingerprint density at radius 1 is 1.04 bits per heavy atom. The lowest BCUT2D eigenvalue weighted by Crippen LogP contribution is -2.48.